The predicted molar refractivity (Wildman–Crippen MR) is 135 cm³/mol. The molecule has 0 aliphatic rings. The van der Waals surface area contributed by atoms with Crippen LogP contribution in [0.3, 0.4) is 0 Å². The summed E-state index contributed by atoms with van der Waals surface area (Å²) in [6.07, 6.45) is -0.343. The summed E-state index contributed by atoms with van der Waals surface area (Å²) in [5.41, 5.74) is 3.90. The molecule has 2 N–H and O–H groups in total. The summed E-state index contributed by atoms with van der Waals surface area (Å²) in [6, 6.07) is 17.6. The molecule has 4 aromatic rings. The van der Waals surface area contributed by atoms with E-state index in [4.69, 9.17) is 0 Å². The van der Waals surface area contributed by atoms with Gasteiger partial charge < -0.3 is 10.6 Å². The van der Waals surface area contributed by atoms with Crippen molar-refractivity contribution in [2.24, 2.45) is 0 Å². The molecular weight excluding hydrogens is 465 g/mol. The molecule has 2 aromatic carbocycles. The van der Waals surface area contributed by atoms with Crippen molar-refractivity contribution in [1.82, 2.24) is 9.97 Å². The van der Waals surface area contributed by atoms with E-state index in [9.17, 15) is 18.0 Å². The largest absolute Gasteiger partial charge is 0.416 e. The second-order valence-electron chi connectivity index (χ2n) is 8.41. The number of anilines is 2. The number of nitrogens with one attached hydrogen (secondary N) is 2. The standard InChI is InChI=1S/C28H25F3N4O/c1-18-6-5-8-24(25(18)20-9-11-21(12-10-20)28(29,30)31)27(36)35-23-16-19(2)26(34-17-23)33-15-13-22-7-3-4-14-32-22/h3-12,14,16-17H,13,15H2,1-2H3,(H,33,34)(H,35,36). The SMILES string of the molecule is Cc1cc(NC(=O)c2cccc(C)c2-c2ccc(C(F)(F)F)cc2)cnc1NCCc1ccccn1. The maximum Gasteiger partial charge on any atom is 0.416 e. The number of aromatic nitrogens is 2. The first kappa shape index (κ1) is 24.9. The summed E-state index contributed by atoms with van der Waals surface area (Å²) in [4.78, 5) is 21.9. The molecule has 0 unspecified atom stereocenters. The lowest BCUT2D eigenvalue weighted by molar-refractivity contribution is -0.137. The zero-order valence-corrected chi connectivity index (χ0v) is 19.9. The number of carbonyl (C=O) groups is 1. The normalized spacial score (nSPS) is 11.2. The van der Waals surface area contributed by atoms with Gasteiger partial charge in [0.25, 0.3) is 5.91 Å². The molecule has 5 nitrogen and oxygen atoms in total. The van der Waals surface area contributed by atoms with Gasteiger partial charge >= 0.3 is 6.18 Å². The van der Waals surface area contributed by atoms with Crippen LogP contribution in [-0.2, 0) is 12.6 Å². The number of alkyl halides is 3. The molecule has 0 saturated carbocycles. The molecule has 36 heavy (non-hydrogen) atoms. The van der Waals surface area contributed by atoms with Gasteiger partial charge in [-0.15, -0.1) is 0 Å². The zero-order valence-electron chi connectivity index (χ0n) is 19.9. The number of nitrogens with zero attached hydrogens (tertiary/aromatic N) is 2. The third-order valence-corrected chi connectivity index (χ3v) is 5.75. The molecule has 1 amide bonds. The molecule has 184 valence electrons. The van der Waals surface area contributed by atoms with Gasteiger partial charge in [0.2, 0.25) is 0 Å². The highest BCUT2D eigenvalue weighted by molar-refractivity contribution is 6.09. The lowest BCUT2D eigenvalue weighted by Crippen LogP contribution is -2.15. The fraction of sp³-hybridized carbons (Fsp3) is 0.179. The summed E-state index contributed by atoms with van der Waals surface area (Å²) in [7, 11) is 0. The molecule has 0 saturated heterocycles. The third kappa shape index (κ3) is 5.89. The lowest BCUT2D eigenvalue weighted by Gasteiger charge is -2.15. The number of pyridine rings is 2. The van der Waals surface area contributed by atoms with E-state index in [1.165, 1.54) is 12.1 Å². The van der Waals surface area contributed by atoms with Crippen LogP contribution in [0.4, 0.5) is 24.7 Å². The highest BCUT2D eigenvalue weighted by Gasteiger charge is 2.30. The van der Waals surface area contributed by atoms with Crippen LogP contribution < -0.4 is 10.6 Å². The third-order valence-electron chi connectivity index (χ3n) is 5.75. The highest BCUT2D eigenvalue weighted by Crippen LogP contribution is 2.33. The first-order valence-corrected chi connectivity index (χ1v) is 11.4. The van der Waals surface area contributed by atoms with Crippen molar-refractivity contribution in [1.29, 1.82) is 0 Å². The van der Waals surface area contributed by atoms with Crippen molar-refractivity contribution in [2.45, 2.75) is 26.4 Å². The number of hydrogen-bond acceptors (Lipinski definition) is 4. The van der Waals surface area contributed by atoms with Crippen LogP contribution in [0.2, 0.25) is 0 Å². The van der Waals surface area contributed by atoms with Crippen molar-refractivity contribution in [3.05, 3.63) is 107 Å². The van der Waals surface area contributed by atoms with Crippen molar-refractivity contribution in [3.63, 3.8) is 0 Å². The van der Waals surface area contributed by atoms with Gasteiger partial charge in [-0.25, -0.2) is 4.98 Å². The molecule has 2 aromatic heterocycles. The van der Waals surface area contributed by atoms with Crippen molar-refractivity contribution in [3.8, 4) is 11.1 Å². The minimum absolute atomic E-state index is 0.366. The Hall–Kier alpha value is -4.20. The summed E-state index contributed by atoms with van der Waals surface area (Å²) in [5.74, 6) is 0.343. The number of benzene rings is 2. The van der Waals surface area contributed by atoms with E-state index in [1.807, 2.05) is 44.2 Å². The van der Waals surface area contributed by atoms with Crippen LogP contribution in [0.25, 0.3) is 11.1 Å². The van der Waals surface area contributed by atoms with Crippen LogP contribution in [0.15, 0.2) is 79.1 Å². The van der Waals surface area contributed by atoms with Crippen LogP contribution in [0.1, 0.15) is 32.7 Å². The summed E-state index contributed by atoms with van der Waals surface area (Å²) >= 11 is 0. The fourth-order valence-corrected chi connectivity index (χ4v) is 3.95. The molecule has 4 rings (SSSR count). The van der Waals surface area contributed by atoms with E-state index in [0.717, 1.165) is 35.4 Å². The Morgan fingerprint density at radius 2 is 1.69 bits per heavy atom. The van der Waals surface area contributed by atoms with E-state index in [2.05, 4.69) is 20.6 Å². The zero-order chi connectivity index (χ0) is 25.7. The molecule has 0 bridgehead atoms. The quantitative estimate of drug-likeness (QED) is 0.303. The Kier molecular flexibility index (Phi) is 7.33. The van der Waals surface area contributed by atoms with Gasteiger partial charge in [0.1, 0.15) is 5.82 Å². The van der Waals surface area contributed by atoms with Crippen LogP contribution in [0.5, 0.6) is 0 Å². The summed E-state index contributed by atoms with van der Waals surface area (Å²) in [6.45, 7) is 4.38. The van der Waals surface area contributed by atoms with Gasteiger partial charge in [-0.05, 0) is 72.5 Å². The van der Waals surface area contributed by atoms with E-state index in [1.54, 1.807) is 24.5 Å². The van der Waals surface area contributed by atoms with Gasteiger partial charge in [0.05, 0.1) is 17.4 Å². The second-order valence-corrected chi connectivity index (χ2v) is 8.41. The van der Waals surface area contributed by atoms with Crippen molar-refractivity contribution < 1.29 is 18.0 Å². The number of rotatable bonds is 7. The Balaban J connectivity index is 1.49. The Morgan fingerprint density at radius 3 is 2.36 bits per heavy atom. The van der Waals surface area contributed by atoms with Gasteiger partial charge in [0, 0.05) is 30.4 Å². The first-order chi connectivity index (χ1) is 17.2. The van der Waals surface area contributed by atoms with Crippen molar-refractivity contribution >= 4 is 17.4 Å². The number of amides is 1. The smallest absolute Gasteiger partial charge is 0.369 e. The summed E-state index contributed by atoms with van der Waals surface area (Å²) < 4.78 is 38.9. The second kappa shape index (κ2) is 10.6. The molecule has 0 fully saturated rings. The van der Waals surface area contributed by atoms with E-state index in [-0.39, 0.29) is 5.91 Å². The number of carbonyl (C=O) groups excluding carboxylic acids is 1. The average molecular weight is 491 g/mol. The fourth-order valence-electron chi connectivity index (χ4n) is 3.95. The summed E-state index contributed by atoms with van der Waals surface area (Å²) in [5, 5.41) is 6.14. The van der Waals surface area contributed by atoms with Crippen molar-refractivity contribution in [2.75, 3.05) is 17.2 Å². The highest BCUT2D eigenvalue weighted by atomic mass is 19.4. The average Bonchev–Trinajstić information content (AvgIpc) is 2.85. The van der Waals surface area contributed by atoms with Gasteiger partial charge in [-0.1, -0.05) is 30.3 Å². The number of hydrogen-bond donors (Lipinski definition) is 2. The molecule has 0 aliphatic heterocycles. The Bertz CT molecular complexity index is 1350. The molecule has 0 atom stereocenters. The molecule has 2 heterocycles. The first-order valence-electron chi connectivity index (χ1n) is 11.4. The molecule has 8 heteroatoms. The lowest BCUT2D eigenvalue weighted by atomic mass is 9.94. The van der Waals surface area contributed by atoms with Crippen LogP contribution >= 0.6 is 0 Å². The van der Waals surface area contributed by atoms with Gasteiger partial charge in [0.15, 0.2) is 0 Å². The number of halogens is 3. The predicted octanol–water partition coefficient (Wildman–Crippen LogP) is 6.69. The van der Waals surface area contributed by atoms with E-state index >= 15 is 0 Å². The molecule has 0 spiro atoms. The minimum Gasteiger partial charge on any atom is -0.369 e. The molecular formula is C28H25F3N4O. The van der Waals surface area contributed by atoms with Gasteiger partial charge in [-0.3, -0.25) is 9.78 Å². The topological polar surface area (TPSA) is 66.9 Å². The minimum atomic E-state index is -4.42. The molecule has 0 aliphatic carbocycles. The Morgan fingerprint density at radius 1 is 0.917 bits per heavy atom. The van der Waals surface area contributed by atoms with E-state index in [0.29, 0.717) is 34.7 Å². The maximum absolute atomic E-state index is 13.2. The van der Waals surface area contributed by atoms with Gasteiger partial charge in [-0.2, -0.15) is 13.2 Å². The van der Waals surface area contributed by atoms with Crippen LogP contribution in [0, 0.1) is 13.8 Å². The molecule has 0 radical (unpaired) electrons. The van der Waals surface area contributed by atoms with Crippen LogP contribution in [-0.4, -0.2) is 22.4 Å². The maximum atomic E-state index is 13.2. The number of aryl methyl sites for hydroxylation is 2. The van der Waals surface area contributed by atoms with E-state index < -0.39 is 11.7 Å². The monoisotopic (exact) mass is 490 g/mol. The Labute approximate surface area is 207 Å².